The minimum absolute atomic E-state index is 0.0294. The van der Waals surface area contributed by atoms with Crippen molar-refractivity contribution in [1.82, 2.24) is 5.32 Å². The first-order valence-electron chi connectivity index (χ1n) is 5.98. The van der Waals surface area contributed by atoms with Crippen LogP contribution in [0.4, 0.5) is 4.79 Å². The number of nitrogens with one attached hydrogen (secondary N) is 1. The molecule has 0 rings (SSSR count). The fourth-order valence-corrected chi connectivity index (χ4v) is 1.32. The summed E-state index contributed by atoms with van der Waals surface area (Å²) in [6.07, 6.45) is -0.797. The lowest BCUT2D eigenvalue weighted by Gasteiger charge is -2.22. The van der Waals surface area contributed by atoms with Crippen LogP contribution in [0.5, 0.6) is 0 Å². The number of carbonyl (C=O) groups excluding carboxylic acids is 3. The number of halogens is 1. The SMILES string of the molecule is COC(=O)CC[C@H](NC(=O)OC(C)(C)C)C(=O)OCCl. The molecule has 116 valence electrons. The Labute approximate surface area is 122 Å². The summed E-state index contributed by atoms with van der Waals surface area (Å²) in [5.41, 5.74) is -0.701. The van der Waals surface area contributed by atoms with Crippen LogP contribution in [0.15, 0.2) is 0 Å². The summed E-state index contributed by atoms with van der Waals surface area (Å²) in [5.74, 6) is -1.24. The molecule has 0 bridgehead atoms. The maximum atomic E-state index is 11.6. The zero-order chi connectivity index (χ0) is 15.8. The Morgan fingerprint density at radius 2 is 1.85 bits per heavy atom. The van der Waals surface area contributed by atoms with E-state index in [-0.39, 0.29) is 18.9 Å². The molecular formula is C12H20ClNO6. The average Bonchev–Trinajstić information content (AvgIpc) is 2.31. The highest BCUT2D eigenvalue weighted by atomic mass is 35.5. The maximum Gasteiger partial charge on any atom is 0.408 e. The second-order valence-electron chi connectivity index (χ2n) is 4.89. The molecule has 1 amide bonds. The molecule has 8 heteroatoms. The molecule has 0 aliphatic heterocycles. The van der Waals surface area contributed by atoms with E-state index in [1.807, 2.05) is 0 Å². The van der Waals surface area contributed by atoms with Gasteiger partial charge in [0.1, 0.15) is 11.6 Å². The zero-order valence-electron chi connectivity index (χ0n) is 12.0. The van der Waals surface area contributed by atoms with E-state index >= 15 is 0 Å². The lowest BCUT2D eigenvalue weighted by Crippen LogP contribution is -2.44. The highest BCUT2D eigenvalue weighted by molar-refractivity contribution is 6.17. The Bertz CT molecular complexity index is 352. The van der Waals surface area contributed by atoms with Gasteiger partial charge in [-0.15, -0.1) is 0 Å². The monoisotopic (exact) mass is 309 g/mol. The number of rotatable bonds is 6. The number of hydrogen-bond acceptors (Lipinski definition) is 6. The Balaban J connectivity index is 4.56. The first-order chi connectivity index (χ1) is 9.19. The Morgan fingerprint density at radius 1 is 1.25 bits per heavy atom. The van der Waals surface area contributed by atoms with Crippen LogP contribution in [0.3, 0.4) is 0 Å². The molecule has 0 unspecified atom stereocenters. The van der Waals surface area contributed by atoms with Crippen LogP contribution in [0.25, 0.3) is 0 Å². The van der Waals surface area contributed by atoms with Gasteiger partial charge in [0.2, 0.25) is 0 Å². The molecule has 7 nitrogen and oxygen atoms in total. The number of alkyl carbamates (subject to hydrolysis) is 1. The van der Waals surface area contributed by atoms with Crippen molar-refractivity contribution in [2.75, 3.05) is 13.2 Å². The van der Waals surface area contributed by atoms with E-state index in [1.54, 1.807) is 20.8 Å². The number of hydrogen-bond donors (Lipinski definition) is 1. The van der Waals surface area contributed by atoms with Crippen molar-refractivity contribution in [2.24, 2.45) is 0 Å². The molecule has 20 heavy (non-hydrogen) atoms. The molecule has 0 heterocycles. The largest absolute Gasteiger partial charge is 0.469 e. The molecule has 1 atom stereocenters. The number of alkyl halides is 1. The van der Waals surface area contributed by atoms with Gasteiger partial charge in [-0.05, 0) is 27.2 Å². The molecule has 0 aromatic carbocycles. The third-order valence-corrected chi connectivity index (χ3v) is 2.15. The van der Waals surface area contributed by atoms with Crippen molar-refractivity contribution in [3.63, 3.8) is 0 Å². The number of carbonyl (C=O) groups is 3. The van der Waals surface area contributed by atoms with Gasteiger partial charge in [0, 0.05) is 6.42 Å². The predicted molar refractivity (Wildman–Crippen MR) is 71.2 cm³/mol. The third-order valence-electron chi connectivity index (χ3n) is 2.04. The molecule has 0 aliphatic rings. The van der Waals surface area contributed by atoms with E-state index in [4.69, 9.17) is 16.3 Å². The zero-order valence-corrected chi connectivity index (χ0v) is 12.8. The van der Waals surface area contributed by atoms with Crippen molar-refractivity contribution in [1.29, 1.82) is 0 Å². The maximum absolute atomic E-state index is 11.6. The number of amides is 1. The van der Waals surface area contributed by atoms with Gasteiger partial charge in [0.15, 0.2) is 6.07 Å². The Morgan fingerprint density at radius 3 is 2.30 bits per heavy atom. The molecule has 0 saturated carbocycles. The van der Waals surface area contributed by atoms with Gasteiger partial charge < -0.3 is 19.5 Å². The van der Waals surface area contributed by atoms with Crippen LogP contribution in [-0.2, 0) is 23.8 Å². The van der Waals surface area contributed by atoms with Gasteiger partial charge in [0.05, 0.1) is 7.11 Å². The Hall–Kier alpha value is -1.50. The van der Waals surface area contributed by atoms with Crippen molar-refractivity contribution in [2.45, 2.75) is 45.3 Å². The summed E-state index contributed by atoms with van der Waals surface area (Å²) in [6, 6.07) is -1.37. The van der Waals surface area contributed by atoms with E-state index in [9.17, 15) is 14.4 Å². The standard InChI is InChI=1S/C12H20ClNO6/c1-12(2,3)20-11(17)14-8(10(16)19-7-13)5-6-9(15)18-4/h8H,5-7H2,1-4H3,(H,14,17)/t8-/m0/s1. The van der Waals surface area contributed by atoms with Crippen LogP contribution >= 0.6 is 11.6 Å². The number of methoxy groups -OCH3 is 1. The van der Waals surface area contributed by atoms with Gasteiger partial charge in [0.25, 0.3) is 0 Å². The first kappa shape index (κ1) is 18.5. The molecule has 0 radical (unpaired) electrons. The van der Waals surface area contributed by atoms with Gasteiger partial charge in [-0.25, -0.2) is 9.59 Å². The topological polar surface area (TPSA) is 90.9 Å². The van der Waals surface area contributed by atoms with E-state index < -0.39 is 29.7 Å². The quantitative estimate of drug-likeness (QED) is 0.455. The summed E-state index contributed by atoms with van der Waals surface area (Å²) in [4.78, 5) is 34.3. The van der Waals surface area contributed by atoms with Gasteiger partial charge in [-0.1, -0.05) is 11.6 Å². The minimum atomic E-state index is -1.03. The lowest BCUT2D eigenvalue weighted by molar-refractivity contribution is -0.145. The van der Waals surface area contributed by atoms with E-state index in [0.717, 1.165) is 0 Å². The molecule has 0 saturated heterocycles. The van der Waals surface area contributed by atoms with Crippen LogP contribution < -0.4 is 5.32 Å². The molecule has 0 aliphatic carbocycles. The second kappa shape index (κ2) is 8.63. The van der Waals surface area contributed by atoms with Crippen molar-refractivity contribution < 1.29 is 28.6 Å². The van der Waals surface area contributed by atoms with Crippen LogP contribution in [-0.4, -0.2) is 42.9 Å². The van der Waals surface area contributed by atoms with Crippen molar-refractivity contribution in [3.8, 4) is 0 Å². The van der Waals surface area contributed by atoms with Gasteiger partial charge in [-0.3, -0.25) is 4.79 Å². The highest BCUT2D eigenvalue weighted by Gasteiger charge is 2.26. The van der Waals surface area contributed by atoms with Crippen molar-refractivity contribution >= 4 is 29.6 Å². The molecular weight excluding hydrogens is 290 g/mol. The molecule has 0 spiro atoms. The fourth-order valence-electron chi connectivity index (χ4n) is 1.22. The van der Waals surface area contributed by atoms with Crippen LogP contribution in [0.1, 0.15) is 33.6 Å². The van der Waals surface area contributed by atoms with Crippen LogP contribution in [0.2, 0.25) is 0 Å². The predicted octanol–water partition coefficient (Wildman–Crippen LogP) is 1.57. The lowest BCUT2D eigenvalue weighted by atomic mass is 10.1. The van der Waals surface area contributed by atoms with Gasteiger partial charge >= 0.3 is 18.0 Å². The Kier molecular flexibility index (Phi) is 7.98. The third kappa shape index (κ3) is 8.58. The van der Waals surface area contributed by atoms with E-state index in [1.165, 1.54) is 7.11 Å². The summed E-state index contributed by atoms with van der Waals surface area (Å²) in [5, 5.41) is 2.34. The summed E-state index contributed by atoms with van der Waals surface area (Å²) >= 11 is 5.29. The fraction of sp³-hybridized carbons (Fsp3) is 0.750. The number of esters is 2. The molecule has 1 N–H and O–H groups in total. The second-order valence-corrected chi connectivity index (χ2v) is 5.10. The summed E-state index contributed by atoms with van der Waals surface area (Å²) < 4.78 is 14.1. The minimum Gasteiger partial charge on any atom is -0.469 e. The molecule has 0 fully saturated rings. The average molecular weight is 310 g/mol. The van der Waals surface area contributed by atoms with Gasteiger partial charge in [-0.2, -0.15) is 0 Å². The normalized spacial score (nSPS) is 12.2. The van der Waals surface area contributed by atoms with E-state index in [2.05, 4.69) is 14.8 Å². The molecule has 0 aromatic rings. The van der Waals surface area contributed by atoms with Crippen LogP contribution in [0, 0.1) is 0 Å². The smallest absolute Gasteiger partial charge is 0.408 e. The highest BCUT2D eigenvalue weighted by Crippen LogP contribution is 2.08. The first-order valence-corrected chi connectivity index (χ1v) is 6.52. The molecule has 0 aromatic heterocycles. The summed E-state index contributed by atoms with van der Waals surface area (Å²) in [6.45, 7) is 5.06. The number of ether oxygens (including phenoxy) is 3. The summed E-state index contributed by atoms with van der Waals surface area (Å²) in [7, 11) is 1.23. The van der Waals surface area contributed by atoms with Crippen molar-refractivity contribution in [3.05, 3.63) is 0 Å². The van der Waals surface area contributed by atoms with E-state index in [0.29, 0.717) is 0 Å².